The van der Waals surface area contributed by atoms with Gasteiger partial charge in [-0.1, -0.05) is 27.7 Å². The topological polar surface area (TPSA) is 63.6 Å². The fourth-order valence-corrected chi connectivity index (χ4v) is 9.34. The van der Waals surface area contributed by atoms with Crippen LogP contribution in [0.5, 0.6) is 0 Å². The molecule has 1 N–H and O–H groups in total. The van der Waals surface area contributed by atoms with Crippen molar-refractivity contribution in [2.75, 3.05) is 0 Å². The van der Waals surface area contributed by atoms with Crippen molar-refractivity contribution >= 4 is 12.4 Å². The minimum absolute atomic E-state index is 0.132. The first kappa shape index (κ1) is 22.1. The molecule has 0 aromatic heterocycles. The highest BCUT2D eigenvalue weighted by atomic mass is 16.5. The number of aliphatic carboxylic acids is 1. The van der Waals surface area contributed by atoms with E-state index in [-0.39, 0.29) is 6.10 Å². The first-order valence-electron chi connectivity index (χ1n) is 12.5. The Morgan fingerprint density at radius 1 is 1.03 bits per heavy atom. The number of hydrogen-bond donors (Lipinski definition) is 1. The minimum Gasteiger partial charge on any atom is -0.481 e. The molecule has 0 saturated heterocycles. The third-order valence-electron chi connectivity index (χ3n) is 11.3. The Bertz CT molecular complexity index is 676. The summed E-state index contributed by atoms with van der Waals surface area (Å²) < 4.78 is 5.38. The largest absolute Gasteiger partial charge is 0.481 e. The Morgan fingerprint density at radius 3 is 2.47 bits per heavy atom. The van der Waals surface area contributed by atoms with Crippen LogP contribution in [0.25, 0.3) is 0 Å². The predicted octanol–water partition coefficient (Wildman–Crippen LogP) is 6.08. The van der Waals surface area contributed by atoms with Gasteiger partial charge in [-0.05, 0) is 110 Å². The van der Waals surface area contributed by atoms with E-state index < -0.39 is 5.97 Å². The smallest absolute Gasteiger partial charge is 0.303 e. The molecular formula is C26H42O4. The second kappa shape index (κ2) is 7.81. The molecule has 0 heterocycles. The Morgan fingerprint density at radius 2 is 1.77 bits per heavy atom. The van der Waals surface area contributed by atoms with Crippen LogP contribution >= 0.6 is 0 Å². The van der Waals surface area contributed by atoms with Gasteiger partial charge in [0.25, 0.3) is 6.47 Å². The zero-order chi connectivity index (χ0) is 21.7. The van der Waals surface area contributed by atoms with Crippen molar-refractivity contribution in [1.29, 1.82) is 0 Å². The highest BCUT2D eigenvalue weighted by molar-refractivity contribution is 5.66. The van der Waals surface area contributed by atoms with Gasteiger partial charge in [-0.15, -0.1) is 0 Å². The second-order valence-corrected chi connectivity index (χ2v) is 12.1. The van der Waals surface area contributed by atoms with Crippen LogP contribution in [0.2, 0.25) is 0 Å². The van der Waals surface area contributed by atoms with E-state index in [4.69, 9.17) is 9.84 Å². The Balaban J connectivity index is 1.54. The summed E-state index contributed by atoms with van der Waals surface area (Å²) in [5.74, 6) is 2.77. The number of carbonyl (C=O) groups excluding carboxylic acids is 1. The molecule has 4 aliphatic carbocycles. The van der Waals surface area contributed by atoms with Crippen LogP contribution in [0.4, 0.5) is 0 Å². The number of fused-ring (bicyclic) bond motifs is 5. The second-order valence-electron chi connectivity index (χ2n) is 12.1. The number of carboxylic acid groups (broad SMARTS) is 1. The van der Waals surface area contributed by atoms with Crippen molar-refractivity contribution < 1.29 is 19.4 Å². The van der Waals surface area contributed by atoms with E-state index in [1.807, 2.05) is 0 Å². The van der Waals surface area contributed by atoms with Gasteiger partial charge < -0.3 is 9.84 Å². The lowest BCUT2D eigenvalue weighted by Gasteiger charge is -2.65. The standard InChI is InChI=1S/C26H42O4/c1-17(5-8-23(28)29)20-10-13-26(4)22-7-6-18-15-19(30-16-27)9-12-24(18,2)21(22)11-14-25(20,26)3/h16-22H,5-15H2,1-4H3,(H,28,29)/t17-,18-,19-,20-,21+,22-,24+,25-,26+/m1/s1. The van der Waals surface area contributed by atoms with Crippen molar-refractivity contribution in [3.63, 3.8) is 0 Å². The summed E-state index contributed by atoms with van der Waals surface area (Å²) in [5, 5.41) is 9.17. The first-order valence-corrected chi connectivity index (χ1v) is 12.5. The highest BCUT2D eigenvalue weighted by Crippen LogP contribution is 2.73. The molecular weight excluding hydrogens is 376 g/mol. The van der Waals surface area contributed by atoms with Gasteiger partial charge in [0.15, 0.2) is 0 Å². The molecule has 4 heteroatoms. The molecule has 0 spiro atoms. The highest BCUT2D eigenvalue weighted by Gasteiger charge is 2.65. The van der Waals surface area contributed by atoms with E-state index >= 15 is 0 Å². The van der Waals surface area contributed by atoms with Crippen molar-refractivity contribution in [3.8, 4) is 0 Å². The summed E-state index contributed by atoms with van der Waals surface area (Å²) in [6.07, 6.45) is 12.3. The molecule has 0 radical (unpaired) electrons. The maximum Gasteiger partial charge on any atom is 0.303 e. The summed E-state index contributed by atoms with van der Waals surface area (Å²) in [7, 11) is 0. The summed E-state index contributed by atoms with van der Waals surface area (Å²) >= 11 is 0. The predicted molar refractivity (Wildman–Crippen MR) is 117 cm³/mol. The van der Waals surface area contributed by atoms with Crippen molar-refractivity contribution in [2.24, 2.45) is 45.8 Å². The van der Waals surface area contributed by atoms with Crippen molar-refractivity contribution in [1.82, 2.24) is 0 Å². The zero-order valence-corrected chi connectivity index (χ0v) is 19.5. The lowest BCUT2D eigenvalue weighted by atomic mass is 9.40. The van der Waals surface area contributed by atoms with E-state index in [0.717, 1.165) is 31.1 Å². The van der Waals surface area contributed by atoms with Gasteiger partial charge in [0.05, 0.1) is 0 Å². The average molecular weight is 419 g/mol. The van der Waals surface area contributed by atoms with Gasteiger partial charge in [-0.25, -0.2) is 0 Å². The molecule has 0 aliphatic heterocycles. The lowest BCUT2D eigenvalue weighted by Crippen LogP contribution is -2.58. The SMILES string of the molecule is C[C@H](CCC(=O)O)[C@H]1CC[C@@]2(C)[C@@H]3CC[C@@H]4C[C@H](OC=O)CC[C@]4(C)[C@H]3CC[C@]12C. The Labute approximate surface area is 182 Å². The van der Waals surface area contributed by atoms with Crippen LogP contribution in [0.3, 0.4) is 0 Å². The third-order valence-corrected chi connectivity index (χ3v) is 11.3. The summed E-state index contributed by atoms with van der Waals surface area (Å²) in [5.41, 5.74) is 1.11. The lowest BCUT2D eigenvalue weighted by molar-refractivity contribution is -0.171. The van der Waals surface area contributed by atoms with Crippen LogP contribution in [0.15, 0.2) is 0 Å². The van der Waals surface area contributed by atoms with Gasteiger partial charge >= 0.3 is 5.97 Å². The number of hydrogen-bond acceptors (Lipinski definition) is 3. The molecule has 30 heavy (non-hydrogen) atoms. The first-order chi connectivity index (χ1) is 14.2. The Kier molecular flexibility index (Phi) is 5.77. The molecule has 4 saturated carbocycles. The van der Waals surface area contributed by atoms with Crippen molar-refractivity contribution in [2.45, 2.75) is 104 Å². The monoisotopic (exact) mass is 418 g/mol. The normalized spacial score (nSPS) is 48.7. The van der Waals surface area contributed by atoms with E-state index in [9.17, 15) is 9.59 Å². The maximum absolute atomic E-state index is 11.1. The minimum atomic E-state index is -0.656. The van der Waals surface area contributed by atoms with E-state index in [0.29, 0.717) is 46.9 Å². The molecule has 4 rings (SSSR count). The van der Waals surface area contributed by atoms with E-state index in [1.165, 1.54) is 44.9 Å². The van der Waals surface area contributed by atoms with Crippen LogP contribution in [0, 0.1) is 45.8 Å². The van der Waals surface area contributed by atoms with Gasteiger partial charge in [-0.3, -0.25) is 9.59 Å². The Hall–Kier alpha value is -1.06. The van der Waals surface area contributed by atoms with E-state index in [2.05, 4.69) is 27.7 Å². The van der Waals surface area contributed by atoms with Crippen LogP contribution in [-0.2, 0) is 14.3 Å². The molecule has 0 aromatic carbocycles. The van der Waals surface area contributed by atoms with E-state index in [1.54, 1.807) is 0 Å². The molecule has 0 amide bonds. The van der Waals surface area contributed by atoms with Gasteiger partial charge in [0, 0.05) is 6.42 Å². The van der Waals surface area contributed by atoms with Crippen LogP contribution in [-0.4, -0.2) is 23.7 Å². The fraction of sp³-hybridized carbons (Fsp3) is 0.923. The molecule has 9 atom stereocenters. The van der Waals surface area contributed by atoms with Crippen LogP contribution < -0.4 is 0 Å². The van der Waals surface area contributed by atoms with Gasteiger partial charge in [0.1, 0.15) is 6.10 Å². The van der Waals surface area contributed by atoms with Crippen molar-refractivity contribution in [3.05, 3.63) is 0 Å². The summed E-state index contributed by atoms with van der Waals surface area (Å²) in [4.78, 5) is 22.0. The number of carbonyl (C=O) groups is 2. The number of rotatable bonds is 6. The number of carboxylic acids is 1. The third kappa shape index (κ3) is 3.23. The average Bonchev–Trinajstić information content (AvgIpc) is 2.98. The molecule has 4 aliphatic rings. The maximum atomic E-state index is 11.1. The molecule has 0 aromatic rings. The summed E-state index contributed by atoms with van der Waals surface area (Å²) in [6.45, 7) is 10.7. The summed E-state index contributed by atoms with van der Waals surface area (Å²) in [6, 6.07) is 0. The molecule has 0 unspecified atom stereocenters. The molecule has 4 fully saturated rings. The quantitative estimate of drug-likeness (QED) is 0.531. The van der Waals surface area contributed by atoms with Gasteiger partial charge in [-0.2, -0.15) is 0 Å². The van der Waals surface area contributed by atoms with Crippen LogP contribution in [0.1, 0.15) is 98.3 Å². The molecule has 4 nitrogen and oxygen atoms in total. The molecule has 0 bridgehead atoms. The fourth-order valence-electron chi connectivity index (χ4n) is 9.34. The molecule has 170 valence electrons. The zero-order valence-electron chi connectivity index (χ0n) is 19.5. The number of ether oxygens (including phenoxy) is 1. The van der Waals surface area contributed by atoms with Gasteiger partial charge in [0.2, 0.25) is 0 Å².